The summed E-state index contributed by atoms with van der Waals surface area (Å²) in [7, 11) is 0. The standard InChI is InChI=1S/C7H16N2O2/c1-6(7(10)11)9-5-3-2-4-8/h6,9H,2-5,8H2,1H3,(H,10,11)/t6-/m0/s1. The third kappa shape index (κ3) is 5.82. The lowest BCUT2D eigenvalue weighted by Crippen LogP contribution is -2.34. The highest BCUT2D eigenvalue weighted by molar-refractivity contribution is 5.72. The lowest BCUT2D eigenvalue weighted by atomic mass is 10.3. The van der Waals surface area contributed by atoms with E-state index in [1.165, 1.54) is 0 Å². The van der Waals surface area contributed by atoms with Gasteiger partial charge in [0.1, 0.15) is 6.04 Å². The van der Waals surface area contributed by atoms with Crippen molar-refractivity contribution in [3.63, 3.8) is 0 Å². The van der Waals surface area contributed by atoms with Crippen LogP contribution in [0.15, 0.2) is 0 Å². The van der Waals surface area contributed by atoms with E-state index in [1.54, 1.807) is 6.92 Å². The van der Waals surface area contributed by atoms with Crippen LogP contribution in [0.1, 0.15) is 19.8 Å². The van der Waals surface area contributed by atoms with Crippen LogP contribution in [-0.2, 0) is 4.79 Å². The zero-order valence-corrected chi connectivity index (χ0v) is 6.84. The van der Waals surface area contributed by atoms with Crippen molar-refractivity contribution in [2.45, 2.75) is 25.8 Å². The number of carbonyl (C=O) groups is 1. The van der Waals surface area contributed by atoms with Crippen molar-refractivity contribution in [2.24, 2.45) is 5.73 Å². The molecule has 0 aliphatic heterocycles. The molecule has 66 valence electrons. The van der Waals surface area contributed by atoms with E-state index in [0.29, 0.717) is 6.54 Å². The second-order valence-corrected chi connectivity index (χ2v) is 2.51. The van der Waals surface area contributed by atoms with Gasteiger partial charge in [0.05, 0.1) is 0 Å². The molecule has 0 aromatic rings. The van der Waals surface area contributed by atoms with Gasteiger partial charge in [-0.05, 0) is 32.9 Å². The second-order valence-electron chi connectivity index (χ2n) is 2.51. The summed E-state index contributed by atoms with van der Waals surface area (Å²) in [5, 5.41) is 11.3. The minimum absolute atomic E-state index is 0.451. The lowest BCUT2D eigenvalue weighted by Gasteiger charge is -2.07. The van der Waals surface area contributed by atoms with E-state index in [2.05, 4.69) is 5.32 Å². The molecule has 0 bridgehead atoms. The summed E-state index contributed by atoms with van der Waals surface area (Å²) in [6.07, 6.45) is 1.88. The Labute approximate surface area is 66.8 Å². The molecule has 0 saturated carbocycles. The van der Waals surface area contributed by atoms with Crippen LogP contribution < -0.4 is 11.1 Å². The molecule has 0 radical (unpaired) electrons. The molecule has 0 aliphatic rings. The number of unbranched alkanes of at least 4 members (excludes halogenated alkanes) is 1. The molecule has 0 rings (SSSR count). The molecule has 4 nitrogen and oxygen atoms in total. The number of rotatable bonds is 6. The van der Waals surface area contributed by atoms with Crippen molar-refractivity contribution < 1.29 is 9.90 Å². The van der Waals surface area contributed by atoms with Crippen LogP contribution in [0.5, 0.6) is 0 Å². The molecule has 0 spiro atoms. The Balaban J connectivity index is 3.17. The fourth-order valence-corrected chi connectivity index (χ4v) is 0.675. The van der Waals surface area contributed by atoms with Crippen LogP contribution in [-0.4, -0.2) is 30.2 Å². The Hall–Kier alpha value is -0.610. The molecular formula is C7H16N2O2. The first-order valence-corrected chi connectivity index (χ1v) is 3.84. The first-order valence-electron chi connectivity index (χ1n) is 3.84. The summed E-state index contributed by atoms with van der Waals surface area (Å²) >= 11 is 0. The topological polar surface area (TPSA) is 75.3 Å². The maximum absolute atomic E-state index is 10.3. The van der Waals surface area contributed by atoms with E-state index in [-0.39, 0.29) is 0 Å². The first-order chi connectivity index (χ1) is 5.18. The van der Waals surface area contributed by atoms with E-state index in [9.17, 15) is 4.79 Å². The molecule has 0 aromatic heterocycles. The van der Waals surface area contributed by atoms with Crippen molar-refractivity contribution in [1.82, 2.24) is 5.32 Å². The SMILES string of the molecule is C[C@H](NCCCCN)C(=O)O. The van der Waals surface area contributed by atoms with E-state index in [0.717, 1.165) is 19.4 Å². The minimum Gasteiger partial charge on any atom is -0.480 e. The second kappa shape index (κ2) is 6.12. The Morgan fingerprint density at radius 2 is 2.27 bits per heavy atom. The highest BCUT2D eigenvalue weighted by Crippen LogP contribution is 1.85. The highest BCUT2D eigenvalue weighted by Gasteiger charge is 2.07. The third-order valence-electron chi connectivity index (χ3n) is 1.45. The van der Waals surface area contributed by atoms with Crippen LogP contribution in [0.2, 0.25) is 0 Å². The number of aliphatic carboxylic acids is 1. The van der Waals surface area contributed by atoms with Gasteiger partial charge in [-0.1, -0.05) is 0 Å². The van der Waals surface area contributed by atoms with Crippen LogP contribution in [0.25, 0.3) is 0 Å². The summed E-state index contributed by atoms with van der Waals surface area (Å²) in [5.41, 5.74) is 5.26. The molecule has 0 fully saturated rings. The van der Waals surface area contributed by atoms with Crippen molar-refractivity contribution in [1.29, 1.82) is 0 Å². The van der Waals surface area contributed by atoms with Gasteiger partial charge in [-0.25, -0.2) is 0 Å². The van der Waals surface area contributed by atoms with Gasteiger partial charge in [0.2, 0.25) is 0 Å². The molecular weight excluding hydrogens is 144 g/mol. The zero-order chi connectivity index (χ0) is 8.69. The largest absolute Gasteiger partial charge is 0.480 e. The smallest absolute Gasteiger partial charge is 0.320 e. The maximum atomic E-state index is 10.3. The van der Waals surface area contributed by atoms with Gasteiger partial charge in [-0.3, -0.25) is 4.79 Å². The zero-order valence-electron chi connectivity index (χ0n) is 6.84. The molecule has 4 heteroatoms. The molecule has 0 unspecified atom stereocenters. The summed E-state index contributed by atoms with van der Waals surface area (Å²) in [5.74, 6) is -0.808. The quantitative estimate of drug-likeness (QED) is 0.470. The minimum atomic E-state index is -0.808. The number of hydrogen-bond donors (Lipinski definition) is 3. The molecule has 0 amide bonds. The Bertz CT molecular complexity index is 117. The molecule has 0 aromatic carbocycles. The monoisotopic (exact) mass is 160 g/mol. The third-order valence-corrected chi connectivity index (χ3v) is 1.45. The van der Waals surface area contributed by atoms with Crippen LogP contribution in [0.3, 0.4) is 0 Å². The number of nitrogens with two attached hydrogens (primary N) is 1. The summed E-state index contributed by atoms with van der Waals surface area (Å²) in [6, 6.07) is -0.451. The van der Waals surface area contributed by atoms with Crippen LogP contribution >= 0.6 is 0 Å². The Morgan fingerprint density at radius 1 is 1.64 bits per heavy atom. The number of carboxylic acid groups (broad SMARTS) is 1. The van der Waals surface area contributed by atoms with Gasteiger partial charge < -0.3 is 16.2 Å². The average Bonchev–Trinajstić information content (AvgIpc) is 1.97. The summed E-state index contributed by atoms with van der Waals surface area (Å²) < 4.78 is 0. The van der Waals surface area contributed by atoms with Crippen molar-refractivity contribution >= 4 is 5.97 Å². The first kappa shape index (κ1) is 10.4. The number of nitrogens with one attached hydrogen (secondary N) is 1. The number of carboxylic acids is 1. The Kier molecular flexibility index (Phi) is 5.78. The van der Waals surface area contributed by atoms with Gasteiger partial charge in [-0.15, -0.1) is 0 Å². The van der Waals surface area contributed by atoms with E-state index < -0.39 is 12.0 Å². The number of hydrogen-bond acceptors (Lipinski definition) is 3. The van der Waals surface area contributed by atoms with Gasteiger partial charge in [-0.2, -0.15) is 0 Å². The predicted octanol–water partition coefficient (Wildman–Crippen LogP) is -0.212. The van der Waals surface area contributed by atoms with Gasteiger partial charge in [0, 0.05) is 0 Å². The Morgan fingerprint density at radius 3 is 2.73 bits per heavy atom. The normalized spacial score (nSPS) is 12.9. The molecule has 0 heterocycles. The molecule has 11 heavy (non-hydrogen) atoms. The highest BCUT2D eigenvalue weighted by atomic mass is 16.4. The molecule has 4 N–H and O–H groups in total. The van der Waals surface area contributed by atoms with E-state index >= 15 is 0 Å². The van der Waals surface area contributed by atoms with Crippen LogP contribution in [0, 0.1) is 0 Å². The van der Waals surface area contributed by atoms with Crippen molar-refractivity contribution in [3.05, 3.63) is 0 Å². The van der Waals surface area contributed by atoms with Gasteiger partial charge >= 0.3 is 5.97 Å². The van der Waals surface area contributed by atoms with E-state index in [1.807, 2.05) is 0 Å². The molecule has 0 aliphatic carbocycles. The predicted molar refractivity (Wildman–Crippen MR) is 43.4 cm³/mol. The molecule has 1 atom stereocenters. The fourth-order valence-electron chi connectivity index (χ4n) is 0.675. The van der Waals surface area contributed by atoms with Crippen molar-refractivity contribution in [3.8, 4) is 0 Å². The van der Waals surface area contributed by atoms with Crippen LogP contribution in [0.4, 0.5) is 0 Å². The summed E-state index contributed by atoms with van der Waals surface area (Å²) in [6.45, 7) is 3.03. The van der Waals surface area contributed by atoms with E-state index in [4.69, 9.17) is 10.8 Å². The average molecular weight is 160 g/mol. The lowest BCUT2D eigenvalue weighted by molar-refractivity contribution is -0.138. The van der Waals surface area contributed by atoms with Gasteiger partial charge in [0.15, 0.2) is 0 Å². The molecule has 0 saturated heterocycles. The fraction of sp³-hybridized carbons (Fsp3) is 0.857. The maximum Gasteiger partial charge on any atom is 0.320 e. The summed E-state index contributed by atoms with van der Waals surface area (Å²) in [4.78, 5) is 10.3. The van der Waals surface area contributed by atoms with Crippen molar-refractivity contribution in [2.75, 3.05) is 13.1 Å². The van der Waals surface area contributed by atoms with Gasteiger partial charge in [0.25, 0.3) is 0 Å².